The third-order valence-corrected chi connectivity index (χ3v) is 5.38. The quantitative estimate of drug-likeness (QED) is 0.293. The summed E-state index contributed by atoms with van der Waals surface area (Å²) in [5, 5.41) is 20.4. The Kier molecular flexibility index (Phi) is 11.4. The molecule has 0 bridgehead atoms. The molecule has 2 aromatic rings. The van der Waals surface area contributed by atoms with Gasteiger partial charge in [-0.15, -0.1) is 0 Å². The molecule has 0 saturated heterocycles. The zero-order valence-electron chi connectivity index (χ0n) is 21.9. The highest BCUT2D eigenvalue weighted by Gasteiger charge is 2.18. The molecule has 0 heterocycles. The molecule has 2 aromatic carbocycles. The molecule has 8 heteroatoms. The van der Waals surface area contributed by atoms with Crippen molar-refractivity contribution in [1.29, 1.82) is 0 Å². The minimum atomic E-state index is -1.01. The van der Waals surface area contributed by atoms with Crippen molar-refractivity contribution in [3.8, 4) is 11.5 Å². The van der Waals surface area contributed by atoms with Crippen LogP contribution in [-0.4, -0.2) is 60.8 Å². The first-order chi connectivity index (χ1) is 17.5. The van der Waals surface area contributed by atoms with E-state index in [1.54, 1.807) is 0 Å². The summed E-state index contributed by atoms with van der Waals surface area (Å²) >= 11 is 0. The zero-order chi connectivity index (χ0) is 27.5. The lowest BCUT2D eigenvalue weighted by molar-refractivity contribution is -0.142. The Morgan fingerprint density at radius 3 is 1.46 bits per heavy atom. The molecule has 2 N–H and O–H groups in total. The highest BCUT2D eigenvalue weighted by atomic mass is 16.6. The number of carbonyl (C=O) groups excluding carboxylic acids is 2. The van der Waals surface area contributed by atoms with Crippen LogP contribution in [0, 0.1) is 27.7 Å². The van der Waals surface area contributed by atoms with Crippen molar-refractivity contribution in [2.45, 2.75) is 46.3 Å². The van der Waals surface area contributed by atoms with Gasteiger partial charge >= 0.3 is 11.9 Å². The molecule has 0 aliphatic rings. The van der Waals surface area contributed by atoms with E-state index in [1.165, 1.54) is 0 Å². The number of hydrogen-bond donors (Lipinski definition) is 2. The van der Waals surface area contributed by atoms with Gasteiger partial charge in [-0.25, -0.2) is 9.59 Å². The Bertz CT molecular complexity index is 1030. The average Bonchev–Trinajstić information content (AvgIpc) is 2.84. The molecule has 0 spiro atoms. The summed E-state index contributed by atoms with van der Waals surface area (Å²) in [6, 6.07) is 8.00. The lowest BCUT2D eigenvalue weighted by Gasteiger charge is -2.21. The summed E-state index contributed by atoms with van der Waals surface area (Å²) in [4.78, 5) is 22.5. The van der Waals surface area contributed by atoms with Crippen molar-refractivity contribution in [3.05, 3.63) is 83.0 Å². The Labute approximate surface area is 218 Å². The molecule has 37 heavy (non-hydrogen) atoms. The summed E-state index contributed by atoms with van der Waals surface area (Å²) in [5.41, 5.74) is 5.68. The van der Waals surface area contributed by atoms with E-state index < -0.39 is 24.1 Å². The van der Waals surface area contributed by atoms with Gasteiger partial charge in [-0.1, -0.05) is 48.6 Å². The van der Waals surface area contributed by atoms with Gasteiger partial charge < -0.3 is 29.2 Å². The molecule has 2 unspecified atom stereocenters. The predicted molar refractivity (Wildman–Crippen MR) is 140 cm³/mol. The maximum absolute atomic E-state index is 11.3. The molecule has 200 valence electrons. The van der Waals surface area contributed by atoms with E-state index in [0.717, 1.165) is 45.5 Å². The molecule has 8 nitrogen and oxygen atoms in total. The second-order valence-corrected chi connectivity index (χ2v) is 8.91. The average molecular weight is 513 g/mol. The fraction of sp³-hybridized carbons (Fsp3) is 0.379. The van der Waals surface area contributed by atoms with Crippen LogP contribution in [0.1, 0.15) is 33.4 Å². The number of ether oxygens (including phenoxy) is 4. The zero-order valence-corrected chi connectivity index (χ0v) is 21.9. The van der Waals surface area contributed by atoms with Crippen LogP contribution < -0.4 is 9.47 Å². The number of aryl methyl sites for hydroxylation is 4. The second kappa shape index (κ2) is 14.2. The van der Waals surface area contributed by atoms with Crippen LogP contribution in [0.25, 0.3) is 0 Å². The van der Waals surface area contributed by atoms with Crippen LogP contribution in [0.4, 0.5) is 0 Å². The van der Waals surface area contributed by atoms with Gasteiger partial charge in [-0.3, -0.25) is 0 Å². The Hall–Kier alpha value is -3.62. The van der Waals surface area contributed by atoms with Crippen molar-refractivity contribution >= 4 is 11.9 Å². The van der Waals surface area contributed by atoms with Crippen LogP contribution in [0.5, 0.6) is 11.5 Å². The maximum atomic E-state index is 11.3. The molecular formula is C29H36O8. The maximum Gasteiger partial charge on any atom is 0.330 e. The Morgan fingerprint density at radius 2 is 1.11 bits per heavy atom. The fourth-order valence-corrected chi connectivity index (χ4v) is 3.90. The van der Waals surface area contributed by atoms with Crippen LogP contribution in [-0.2, 0) is 25.5 Å². The van der Waals surface area contributed by atoms with Crippen LogP contribution in [0.2, 0.25) is 0 Å². The van der Waals surface area contributed by atoms with Crippen LogP contribution in [0.15, 0.2) is 49.6 Å². The fourth-order valence-electron chi connectivity index (χ4n) is 3.90. The highest BCUT2D eigenvalue weighted by Crippen LogP contribution is 2.33. The first-order valence-corrected chi connectivity index (χ1v) is 11.9. The van der Waals surface area contributed by atoms with Gasteiger partial charge in [0.2, 0.25) is 0 Å². The van der Waals surface area contributed by atoms with Crippen molar-refractivity contribution in [2.75, 3.05) is 26.4 Å². The standard InChI is InChI=1S/C29H36O8/c1-7-26(32)34-14-24(30)16-36-28-20(5)9-18(3)11-22(28)13-23-12-19(4)10-21(6)29(23)37-17-25(31)15-35-27(33)8-2/h7-12,24-25,30-31H,1-2,13-17H2,3-6H3. The summed E-state index contributed by atoms with van der Waals surface area (Å²) in [5.74, 6) is 0.0255. The van der Waals surface area contributed by atoms with Gasteiger partial charge in [-0.05, 0) is 49.9 Å². The van der Waals surface area contributed by atoms with Gasteiger partial charge in [0, 0.05) is 18.6 Å². The van der Waals surface area contributed by atoms with Gasteiger partial charge in [0.25, 0.3) is 0 Å². The predicted octanol–water partition coefficient (Wildman–Crippen LogP) is 3.45. The highest BCUT2D eigenvalue weighted by molar-refractivity contribution is 5.81. The van der Waals surface area contributed by atoms with E-state index in [0.29, 0.717) is 17.9 Å². The number of aliphatic hydroxyl groups is 2. The molecule has 0 aromatic heterocycles. The number of benzene rings is 2. The molecule has 0 radical (unpaired) electrons. The van der Waals surface area contributed by atoms with E-state index >= 15 is 0 Å². The smallest absolute Gasteiger partial charge is 0.330 e. The van der Waals surface area contributed by atoms with Gasteiger partial charge in [-0.2, -0.15) is 0 Å². The van der Waals surface area contributed by atoms with E-state index in [4.69, 9.17) is 18.9 Å². The second-order valence-electron chi connectivity index (χ2n) is 8.91. The molecule has 2 atom stereocenters. The third-order valence-electron chi connectivity index (χ3n) is 5.38. The number of carbonyl (C=O) groups is 2. The summed E-state index contributed by atoms with van der Waals surface area (Å²) in [6.07, 6.45) is 0.528. The van der Waals surface area contributed by atoms with Crippen molar-refractivity contribution < 1.29 is 38.7 Å². The lowest BCUT2D eigenvalue weighted by atomic mass is 9.96. The van der Waals surface area contributed by atoms with E-state index in [2.05, 4.69) is 13.2 Å². The monoisotopic (exact) mass is 512 g/mol. The van der Waals surface area contributed by atoms with Crippen LogP contribution in [0.3, 0.4) is 0 Å². The van der Waals surface area contributed by atoms with Crippen LogP contribution >= 0.6 is 0 Å². The van der Waals surface area contributed by atoms with E-state index in [1.807, 2.05) is 52.0 Å². The molecule has 0 fully saturated rings. The van der Waals surface area contributed by atoms with Gasteiger partial charge in [0.05, 0.1) is 0 Å². The van der Waals surface area contributed by atoms with Crippen molar-refractivity contribution in [2.24, 2.45) is 0 Å². The van der Waals surface area contributed by atoms with Gasteiger partial charge in [0.15, 0.2) is 0 Å². The number of aliphatic hydroxyl groups excluding tert-OH is 2. The summed E-state index contributed by atoms with van der Waals surface area (Å²) in [6.45, 7) is 14.0. The first kappa shape index (κ1) is 29.6. The molecule has 0 aliphatic heterocycles. The Morgan fingerprint density at radius 1 is 0.730 bits per heavy atom. The molecule has 0 aliphatic carbocycles. The summed E-state index contributed by atoms with van der Waals surface area (Å²) in [7, 11) is 0. The molecule has 2 rings (SSSR count). The minimum Gasteiger partial charge on any atom is -0.490 e. The minimum absolute atomic E-state index is 0.0624. The largest absolute Gasteiger partial charge is 0.490 e. The lowest BCUT2D eigenvalue weighted by Crippen LogP contribution is -2.25. The SMILES string of the molecule is C=CC(=O)OCC(O)COc1c(C)cc(C)cc1Cc1cc(C)cc(C)c1OCC(O)COC(=O)C=C. The number of esters is 2. The topological polar surface area (TPSA) is 112 Å². The Balaban J connectivity index is 2.23. The van der Waals surface area contributed by atoms with Crippen molar-refractivity contribution in [1.82, 2.24) is 0 Å². The summed E-state index contributed by atoms with van der Waals surface area (Å²) < 4.78 is 21.7. The molecule has 0 amide bonds. The number of rotatable bonds is 14. The molecule has 0 saturated carbocycles. The van der Waals surface area contributed by atoms with E-state index in [9.17, 15) is 19.8 Å². The van der Waals surface area contributed by atoms with Crippen molar-refractivity contribution in [3.63, 3.8) is 0 Å². The first-order valence-electron chi connectivity index (χ1n) is 11.9. The number of hydrogen-bond acceptors (Lipinski definition) is 8. The van der Waals surface area contributed by atoms with E-state index in [-0.39, 0.29) is 26.4 Å². The van der Waals surface area contributed by atoms with Gasteiger partial charge in [0.1, 0.15) is 50.1 Å². The normalized spacial score (nSPS) is 12.3. The third kappa shape index (κ3) is 9.40. The molecular weight excluding hydrogens is 476 g/mol.